The first-order valence-corrected chi connectivity index (χ1v) is 10.2. The zero-order valence-electron chi connectivity index (χ0n) is 15.9. The maximum Gasteiger partial charge on any atom is 0.321 e. The van der Waals surface area contributed by atoms with Crippen LogP contribution in [0.3, 0.4) is 0 Å². The topological polar surface area (TPSA) is 63.1 Å². The fourth-order valence-corrected chi connectivity index (χ4v) is 4.19. The van der Waals surface area contributed by atoms with Gasteiger partial charge in [-0.3, -0.25) is 0 Å². The monoisotopic (exact) mass is 375 g/mol. The third-order valence-electron chi connectivity index (χ3n) is 5.75. The van der Waals surface area contributed by atoms with Gasteiger partial charge in [0.15, 0.2) is 5.65 Å². The molecule has 144 valence electrons. The zero-order valence-corrected chi connectivity index (χ0v) is 15.9. The number of pyridine rings is 1. The van der Waals surface area contributed by atoms with E-state index in [0.717, 1.165) is 49.3 Å². The number of hydrogen-bond acceptors (Lipinski definition) is 3. The lowest BCUT2D eigenvalue weighted by atomic mass is 9.98. The number of imidazole rings is 1. The number of nitrogens with one attached hydrogen (secondary N) is 1. The van der Waals surface area contributed by atoms with Crippen molar-refractivity contribution in [3.63, 3.8) is 0 Å². The molecule has 0 radical (unpaired) electrons. The van der Waals surface area contributed by atoms with Crippen LogP contribution in [-0.2, 0) is 6.54 Å². The van der Waals surface area contributed by atoms with Crippen LogP contribution in [0.2, 0.25) is 0 Å². The van der Waals surface area contributed by atoms with E-state index in [4.69, 9.17) is 4.98 Å². The molecule has 2 fully saturated rings. The summed E-state index contributed by atoms with van der Waals surface area (Å²) in [6.07, 6.45) is 6.45. The first-order chi connectivity index (χ1) is 13.8. The van der Waals surface area contributed by atoms with Crippen molar-refractivity contribution in [1.29, 1.82) is 0 Å². The van der Waals surface area contributed by atoms with Crippen LogP contribution in [0.5, 0.6) is 0 Å². The highest BCUT2D eigenvalue weighted by atomic mass is 16.2. The lowest BCUT2D eigenvalue weighted by Gasteiger charge is -2.33. The Morgan fingerprint density at radius 2 is 1.96 bits per heavy atom. The molecule has 6 nitrogen and oxygen atoms in total. The van der Waals surface area contributed by atoms with E-state index >= 15 is 0 Å². The van der Waals surface area contributed by atoms with E-state index in [9.17, 15) is 4.79 Å². The van der Waals surface area contributed by atoms with Gasteiger partial charge in [-0.1, -0.05) is 18.2 Å². The average molecular weight is 375 g/mol. The van der Waals surface area contributed by atoms with Crippen molar-refractivity contribution < 1.29 is 4.79 Å². The Morgan fingerprint density at radius 1 is 1.11 bits per heavy atom. The van der Waals surface area contributed by atoms with Crippen molar-refractivity contribution in [2.75, 3.05) is 18.4 Å². The Morgan fingerprint density at radius 3 is 2.79 bits per heavy atom. The maximum absolute atomic E-state index is 12.7. The molecule has 1 saturated heterocycles. The van der Waals surface area contributed by atoms with Gasteiger partial charge in [0, 0.05) is 37.4 Å². The number of para-hydroxylation sites is 1. The molecule has 1 aromatic carbocycles. The van der Waals surface area contributed by atoms with Gasteiger partial charge in [0.2, 0.25) is 0 Å². The average Bonchev–Trinajstić information content (AvgIpc) is 3.52. The molecule has 1 atom stereocenters. The molecular weight excluding hydrogens is 350 g/mol. The van der Waals surface area contributed by atoms with E-state index in [0.29, 0.717) is 11.8 Å². The van der Waals surface area contributed by atoms with Crippen molar-refractivity contribution in [2.24, 2.45) is 5.92 Å². The number of amides is 2. The summed E-state index contributed by atoms with van der Waals surface area (Å²) in [5.41, 5.74) is 2.81. The van der Waals surface area contributed by atoms with E-state index in [-0.39, 0.29) is 6.03 Å². The lowest BCUT2D eigenvalue weighted by Crippen LogP contribution is -2.43. The van der Waals surface area contributed by atoms with Gasteiger partial charge < -0.3 is 14.8 Å². The second-order valence-electron chi connectivity index (χ2n) is 7.95. The summed E-state index contributed by atoms with van der Waals surface area (Å²) < 4.78 is 2.32. The van der Waals surface area contributed by atoms with Crippen molar-refractivity contribution in [3.8, 4) is 0 Å². The molecule has 1 unspecified atom stereocenters. The van der Waals surface area contributed by atoms with Crippen LogP contribution in [-0.4, -0.2) is 38.6 Å². The molecule has 2 aliphatic rings. The SMILES string of the molecule is O=C(Nc1ccccc1)N1CCCC(Cn2c(C3CC3)nc3cccnc32)C1. The first-order valence-electron chi connectivity index (χ1n) is 10.2. The third kappa shape index (κ3) is 3.46. The smallest absolute Gasteiger partial charge is 0.321 e. The van der Waals surface area contributed by atoms with E-state index in [1.54, 1.807) is 0 Å². The number of urea groups is 1. The number of anilines is 1. The van der Waals surface area contributed by atoms with Crippen LogP contribution in [0.1, 0.15) is 37.4 Å². The Kier molecular flexibility index (Phi) is 4.47. The molecule has 0 spiro atoms. The number of nitrogens with zero attached hydrogens (tertiary/aromatic N) is 4. The highest BCUT2D eigenvalue weighted by Crippen LogP contribution is 2.41. The van der Waals surface area contributed by atoms with Gasteiger partial charge in [-0.25, -0.2) is 14.8 Å². The van der Waals surface area contributed by atoms with Gasteiger partial charge in [-0.05, 0) is 55.9 Å². The van der Waals surface area contributed by atoms with Gasteiger partial charge in [-0.15, -0.1) is 0 Å². The summed E-state index contributed by atoms with van der Waals surface area (Å²) in [4.78, 5) is 24.1. The molecule has 3 heterocycles. The Bertz CT molecular complexity index is 979. The standard InChI is InChI=1S/C22H25N5O/c28-22(24-18-7-2-1-3-8-18)26-13-5-6-16(14-26)15-27-20(17-10-11-17)25-19-9-4-12-23-21(19)27/h1-4,7-9,12,16-17H,5-6,10-11,13-15H2,(H,24,28). The van der Waals surface area contributed by atoms with Gasteiger partial charge in [-0.2, -0.15) is 0 Å². The molecule has 5 rings (SSSR count). The van der Waals surface area contributed by atoms with Crippen molar-refractivity contribution in [1.82, 2.24) is 19.4 Å². The minimum atomic E-state index is -0.00747. The molecule has 1 aliphatic heterocycles. The molecule has 0 bridgehead atoms. The van der Waals surface area contributed by atoms with Crippen molar-refractivity contribution in [2.45, 2.75) is 38.1 Å². The quantitative estimate of drug-likeness (QED) is 0.741. The second-order valence-corrected chi connectivity index (χ2v) is 7.95. The minimum absolute atomic E-state index is 0.00747. The van der Waals surface area contributed by atoms with Crippen molar-refractivity contribution in [3.05, 3.63) is 54.5 Å². The fourth-order valence-electron chi connectivity index (χ4n) is 4.19. The van der Waals surface area contributed by atoms with Gasteiger partial charge in [0.1, 0.15) is 11.3 Å². The van der Waals surface area contributed by atoms with E-state index in [2.05, 4.69) is 14.9 Å². The van der Waals surface area contributed by atoms with Crippen LogP contribution >= 0.6 is 0 Å². The summed E-state index contributed by atoms with van der Waals surface area (Å²) in [5, 5.41) is 3.02. The Labute approximate surface area is 164 Å². The fraction of sp³-hybridized carbons (Fsp3) is 0.409. The number of rotatable bonds is 4. The molecule has 2 aromatic heterocycles. The number of fused-ring (bicyclic) bond motifs is 1. The maximum atomic E-state index is 12.7. The van der Waals surface area contributed by atoms with Gasteiger partial charge in [0.05, 0.1) is 0 Å². The minimum Gasteiger partial charge on any atom is -0.324 e. The summed E-state index contributed by atoms with van der Waals surface area (Å²) in [6, 6.07) is 13.7. The molecular formula is C22H25N5O. The zero-order chi connectivity index (χ0) is 18.9. The predicted molar refractivity (Wildman–Crippen MR) is 109 cm³/mol. The van der Waals surface area contributed by atoms with Crippen LogP contribution in [0.4, 0.5) is 10.5 Å². The van der Waals surface area contributed by atoms with Gasteiger partial charge in [0.25, 0.3) is 0 Å². The van der Waals surface area contributed by atoms with Crippen LogP contribution in [0.15, 0.2) is 48.7 Å². The third-order valence-corrected chi connectivity index (χ3v) is 5.75. The molecule has 6 heteroatoms. The van der Waals surface area contributed by atoms with Crippen molar-refractivity contribution >= 4 is 22.9 Å². The van der Waals surface area contributed by atoms with Crippen LogP contribution < -0.4 is 5.32 Å². The largest absolute Gasteiger partial charge is 0.324 e. The number of carbonyl (C=O) groups is 1. The van der Waals surface area contributed by atoms with Gasteiger partial charge >= 0.3 is 6.03 Å². The first kappa shape index (κ1) is 17.2. The second kappa shape index (κ2) is 7.26. The summed E-state index contributed by atoms with van der Waals surface area (Å²) in [5.74, 6) is 2.18. The molecule has 2 amide bonds. The highest BCUT2D eigenvalue weighted by molar-refractivity contribution is 5.89. The number of carbonyl (C=O) groups excluding carboxylic acids is 1. The molecule has 1 aliphatic carbocycles. The Hall–Kier alpha value is -2.89. The van der Waals surface area contributed by atoms with E-state index < -0.39 is 0 Å². The lowest BCUT2D eigenvalue weighted by molar-refractivity contribution is 0.170. The normalized spacial score (nSPS) is 19.7. The number of aromatic nitrogens is 3. The molecule has 1 saturated carbocycles. The number of piperidine rings is 1. The van der Waals surface area contributed by atoms with Crippen LogP contribution in [0.25, 0.3) is 11.2 Å². The highest BCUT2D eigenvalue weighted by Gasteiger charge is 2.32. The molecule has 28 heavy (non-hydrogen) atoms. The summed E-state index contributed by atoms with van der Waals surface area (Å²) >= 11 is 0. The Balaban J connectivity index is 1.32. The molecule has 3 aromatic rings. The number of hydrogen-bond donors (Lipinski definition) is 1. The number of benzene rings is 1. The molecule has 1 N–H and O–H groups in total. The van der Waals surface area contributed by atoms with E-state index in [1.807, 2.05) is 53.6 Å². The summed E-state index contributed by atoms with van der Waals surface area (Å²) in [7, 11) is 0. The number of likely N-dealkylation sites (tertiary alicyclic amines) is 1. The van der Waals surface area contributed by atoms with E-state index in [1.165, 1.54) is 18.7 Å². The predicted octanol–water partition coefficient (Wildman–Crippen LogP) is 4.25. The summed E-state index contributed by atoms with van der Waals surface area (Å²) in [6.45, 7) is 2.47. The van der Waals surface area contributed by atoms with Crippen LogP contribution in [0, 0.1) is 5.92 Å².